The summed E-state index contributed by atoms with van der Waals surface area (Å²) in [6.45, 7) is 4.39. The van der Waals surface area contributed by atoms with E-state index in [0.29, 0.717) is 5.11 Å². The molecule has 1 aliphatic heterocycles. The smallest absolute Gasteiger partial charge is 0.328 e. The third-order valence-electron chi connectivity index (χ3n) is 4.24. The van der Waals surface area contributed by atoms with E-state index >= 15 is 0 Å². The summed E-state index contributed by atoms with van der Waals surface area (Å²) in [4.78, 5) is 27.9. The van der Waals surface area contributed by atoms with Crippen molar-refractivity contribution >= 4 is 40.6 Å². The number of methoxy groups -OCH3 is 2. The molecule has 0 spiro atoms. The number of thiocarbonyl (C=S) groups is 1. The second kappa shape index (κ2) is 10.4. The van der Waals surface area contributed by atoms with Crippen molar-refractivity contribution in [1.82, 2.24) is 15.1 Å². The number of esters is 2. The number of hydrogen-bond donors (Lipinski definition) is 1. The molecule has 2 heterocycles. The molecule has 0 bridgehead atoms. The van der Waals surface area contributed by atoms with E-state index in [4.69, 9.17) is 17.0 Å². The Morgan fingerprint density at radius 2 is 2.08 bits per heavy atom. The van der Waals surface area contributed by atoms with E-state index in [1.54, 1.807) is 11.3 Å². The average molecular weight is 400 g/mol. The fourth-order valence-corrected chi connectivity index (χ4v) is 3.78. The van der Waals surface area contributed by atoms with Gasteiger partial charge in [-0.2, -0.15) is 11.3 Å². The van der Waals surface area contributed by atoms with Gasteiger partial charge in [-0.25, -0.2) is 4.79 Å². The van der Waals surface area contributed by atoms with Gasteiger partial charge in [-0.1, -0.05) is 0 Å². The topological polar surface area (TPSA) is 71.1 Å². The highest BCUT2D eigenvalue weighted by molar-refractivity contribution is 7.80. The molecule has 1 fully saturated rings. The van der Waals surface area contributed by atoms with Gasteiger partial charge in [0.15, 0.2) is 5.11 Å². The Bertz CT molecular complexity index is 609. The van der Waals surface area contributed by atoms with Crippen LogP contribution in [0.5, 0.6) is 0 Å². The number of nitrogens with zero attached hydrogens (tertiary/aromatic N) is 2. The predicted molar refractivity (Wildman–Crippen MR) is 104 cm³/mol. The molecule has 1 aliphatic rings. The molecule has 26 heavy (non-hydrogen) atoms. The maximum atomic E-state index is 11.9. The van der Waals surface area contributed by atoms with Gasteiger partial charge in [-0.05, 0) is 41.0 Å². The molecule has 0 amide bonds. The third-order valence-corrected chi connectivity index (χ3v) is 5.35. The van der Waals surface area contributed by atoms with Crippen LogP contribution in [0.15, 0.2) is 16.8 Å². The molecule has 1 N–H and O–H groups in total. The van der Waals surface area contributed by atoms with Crippen LogP contribution >= 0.6 is 23.6 Å². The number of carbonyl (C=O) groups is 2. The van der Waals surface area contributed by atoms with Gasteiger partial charge in [0.05, 0.1) is 20.6 Å². The minimum atomic E-state index is -0.842. The number of ether oxygens (including phenoxy) is 2. The first-order valence-corrected chi connectivity index (χ1v) is 9.82. The molecule has 1 unspecified atom stereocenters. The normalized spacial score (nSPS) is 16.5. The average Bonchev–Trinajstić information content (AvgIpc) is 3.04. The lowest BCUT2D eigenvalue weighted by atomic mass is 10.2. The highest BCUT2D eigenvalue weighted by atomic mass is 32.1. The molecule has 1 aromatic rings. The Morgan fingerprint density at radius 1 is 1.27 bits per heavy atom. The Balaban J connectivity index is 1.89. The minimum absolute atomic E-state index is 0.124. The van der Waals surface area contributed by atoms with E-state index < -0.39 is 18.0 Å². The number of thiophene rings is 1. The zero-order valence-electron chi connectivity index (χ0n) is 15.1. The summed E-state index contributed by atoms with van der Waals surface area (Å²) in [6, 6.07) is 1.30. The van der Waals surface area contributed by atoms with Gasteiger partial charge in [0.1, 0.15) is 6.04 Å². The minimum Gasteiger partial charge on any atom is -0.469 e. The van der Waals surface area contributed by atoms with Gasteiger partial charge in [0.2, 0.25) is 0 Å². The monoisotopic (exact) mass is 399 g/mol. The molecular formula is C17H25N3O4S2. The Kier molecular flexibility index (Phi) is 8.27. The molecule has 1 atom stereocenters. The van der Waals surface area contributed by atoms with Crippen LogP contribution in [-0.2, 0) is 25.6 Å². The number of nitrogens with one attached hydrogen (secondary N) is 1. The zero-order chi connectivity index (χ0) is 18.9. The molecule has 0 saturated carbocycles. The van der Waals surface area contributed by atoms with Crippen molar-refractivity contribution in [3.8, 4) is 0 Å². The van der Waals surface area contributed by atoms with Crippen molar-refractivity contribution in [2.24, 2.45) is 0 Å². The Labute approximate surface area is 163 Å². The highest BCUT2D eigenvalue weighted by Gasteiger charge is 2.26. The molecule has 7 nitrogen and oxygen atoms in total. The fraction of sp³-hybridized carbons (Fsp3) is 0.588. The number of rotatable bonds is 6. The molecule has 1 saturated heterocycles. The van der Waals surface area contributed by atoms with Crippen LogP contribution in [0.2, 0.25) is 0 Å². The van der Waals surface area contributed by atoms with Gasteiger partial charge < -0.3 is 19.7 Å². The summed E-state index contributed by atoms with van der Waals surface area (Å²) < 4.78 is 9.39. The predicted octanol–water partition coefficient (Wildman–Crippen LogP) is 1.23. The zero-order valence-corrected chi connectivity index (χ0v) is 16.7. The summed E-state index contributed by atoms with van der Waals surface area (Å²) in [6.07, 6.45) is 0.854. The van der Waals surface area contributed by atoms with E-state index in [-0.39, 0.29) is 6.42 Å². The molecule has 9 heteroatoms. The van der Waals surface area contributed by atoms with Crippen LogP contribution in [0.4, 0.5) is 0 Å². The lowest BCUT2D eigenvalue weighted by Crippen LogP contribution is -2.49. The lowest BCUT2D eigenvalue weighted by molar-refractivity contribution is -0.149. The fourth-order valence-electron chi connectivity index (χ4n) is 2.80. The van der Waals surface area contributed by atoms with Crippen molar-refractivity contribution < 1.29 is 19.1 Å². The van der Waals surface area contributed by atoms with Crippen molar-refractivity contribution in [2.45, 2.75) is 25.4 Å². The van der Waals surface area contributed by atoms with Crippen molar-refractivity contribution in [3.05, 3.63) is 22.4 Å². The molecule has 144 valence electrons. The molecule has 0 aliphatic carbocycles. The Hall–Kier alpha value is -1.71. The second-order valence-electron chi connectivity index (χ2n) is 6.05. The number of hydrogen-bond acceptors (Lipinski definition) is 7. The summed E-state index contributed by atoms with van der Waals surface area (Å²) >= 11 is 7.17. The first kappa shape index (κ1) is 20.6. The van der Waals surface area contributed by atoms with E-state index in [1.807, 2.05) is 4.90 Å². The highest BCUT2D eigenvalue weighted by Crippen LogP contribution is 2.12. The molecular weight excluding hydrogens is 374 g/mol. The summed E-state index contributed by atoms with van der Waals surface area (Å²) in [7, 11) is 2.57. The van der Waals surface area contributed by atoms with Crippen LogP contribution in [0, 0.1) is 0 Å². The second-order valence-corrected chi connectivity index (χ2v) is 7.22. The van der Waals surface area contributed by atoms with E-state index in [2.05, 4.69) is 31.8 Å². The standard InChI is InChI=1S/C17H25N3O4S2/c1-23-15(21)10-14(16(22)24-2)18-17(25)20-6-3-5-19(7-8-20)11-13-4-9-26-12-13/h4,9,12,14H,3,5-8,10-11H2,1-2H3,(H,18,25). The van der Waals surface area contributed by atoms with Crippen molar-refractivity contribution in [1.29, 1.82) is 0 Å². The van der Waals surface area contributed by atoms with Gasteiger partial charge in [-0.3, -0.25) is 9.69 Å². The van der Waals surface area contributed by atoms with Crippen LogP contribution in [-0.4, -0.2) is 73.3 Å². The summed E-state index contributed by atoms with van der Waals surface area (Å²) in [5.41, 5.74) is 1.33. The SMILES string of the molecule is COC(=O)CC(NC(=S)N1CCCN(Cc2ccsc2)CC1)C(=O)OC. The quantitative estimate of drug-likeness (QED) is 0.566. The summed E-state index contributed by atoms with van der Waals surface area (Å²) in [5.74, 6) is -1.03. The largest absolute Gasteiger partial charge is 0.469 e. The maximum Gasteiger partial charge on any atom is 0.328 e. The van der Waals surface area contributed by atoms with E-state index in [0.717, 1.165) is 39.1 Å². The van der Waals surface area contributed by atoms with E-state index in [9.17, 15) is 9.59 Å². The van der Waals surface area contributed by atoms with Crippen molar-refractivity contribution in [3.63, 3.8) is 0 Å². The molecule has 2 rings (SSSR count). The molecule has 1 aromatic heterocycles. The van der Waals surface area contributed by atoms with Crippen LogP contribution in [0.25, 0.3) is 0 Å². The van der Waals surface area contributed by atoms with Gasteiger partial charge in [0.25, 0.3) is 0 Å². The summed E-state index contributed by atoms with van der Waals surface area (Å²) in [5, 5.41) is 7.68. The van der Waals surface area contributed by atoms with Gasteiger partial charge >= 0.3 is 11.9 Å². The van der Waals surface area contributed by atoms with Crippen LogP contribution in [0.1, 0.15) is 18.4 Å². The maximum absolute atomic E-state index is 11.9. The third kappa shape index (κ3) is 6.22. The van der Waals surface area contributed by atoms with Crippen molar-refractivity contribution in [2.75, 3.05) is 40.4 Å². The Morgan fingerprint density at radius 3 is 2.73 bits per heavy atom. The van der Waals surface area contributed by atoms with Crippen LogP contribution < -0.4 is 5.32 Å². The van der Waals surface area contributed by atoms with Gasteiger partial charge in [-0.15, -0.1) is 0 Å². The van der Waals surface area contributed by atoms with Crippen LogP contribution in [0.3, 0.4) is 0 Å². The first-order chi connectivity index (χ1) is 12.5. The molecule has 0 aromatic carbocycles. The number of carbonyl (C=O) groups excluding carboxylic acids is 2. The first-order valence-electron chi connectivity index (χ1n) is 8.47. The molecule has 0 radical (unpaired) electrons. The van der Waals surface area contributed by atoms with Gasteiger partial charge in [0, 0.05) is 32.7 Å². The van der Waals surface area contributed by atoms with E-state index in [1.165, 1.54) is 19.8 Å². The lowest BCUT2D eigenvalue weighted by Gasteiger charge is -2.27.